The third-order valence-electron chi connectivity index (χ3n) is 5.93. The molecule has 0 saturated heterocycles. The minimum atomic E-state index is -0.142. The molecule has 0 aliphatic heterocycles. The standard InChI is InChI=1S/C29H34N4O4/c1-7-33(19-20(2)3)29(35)24-17-30-27(31-18-24)22-9-8-10-23(16-22)28(34)32(4)14-13-21-11-12-25(36-5)26(15-21)37-6/h8-12,15-18H,2,7,13-14,19H2,1,3-6H3. The van der Waals surface area contributed by atoms with E-state index in [1.807, 2.05) is 38.1 Å². The number of carbonyl (C=O) groups is 2. The average molecular weight is 503 g/mol. The molecule has 3 aromatic rings. The monoisotopic (exact) mass is 502 g/mol. The smallest absolute Gasteiger partial charge is 0.257 e. The summed E-state index contributed by atoms with van der Waals surface area (Å²) in [6.07, 6.45) is 3.71. The molecule has 8 heteroatoms. The van der Waals surface area contributed by atoms with Crippen LogP contribution in [0.4, 0.5) is 0 Å². The van der Waals surface area contributed by atoms with E-state index in [9.17, 15) is 9.59 Å². The minimum absolute atomic E-state index is 0.104. The van der Waals surface area contributed by atoms with E-state index in [0.29, 0.717) is 60.1 Å². The molecule has 0 fully saturated rings. The largest absolute Gasteiger partial charge is 0.493 e. The number of aromatic nitrogens is 2. The van der Waals surface area contributed by atoms with Gasteiger partial charge < -0.3 is 19.3 Å². The van der Waals surface area contributed by atoms with Crippen molar-refractivity contribution in [3.8, 4) is 22.9 Å². The van der Waals surface area contributed by atoms with Crippen LogP contribution in [0.15, 0.2) is 67.0 Å². The molecule has 0 bridgehead atoms. The Kier molecular flexibility index (Phi) is 9.38. The number of hydrogen-bond donors (Lipinski definition) is 0. The molecule has 1 heterocycles. The van der Waals surface area contributed by atoms with Crippen molar-refractivity contribution in [2.24, 2.45) is 0 Å². The van der Waals surface area contributed by atoms with Gasteiger partial charge in [0.05, 0.1) is 19.8 Å². The quantitative estimate of drug-likeness (QED) is 0.359. The van der Waals surface area contributed by atoms with Gasteiger partial charge in [-0.2, -0.15) is 0 Å². The van der Waals surface area contributed by atoms with Crippen LogP contribution in [0.25, 0.3) is 11.4 Å². The summed E-state index contributed by atoms with van der Waals surface area (Å²) >= 11 is 0. The molecule has 2 aromatic carbocycles. The Bertz CT molecular complexity index is 1260. The third kappa shape index (κ3) is 6.94. The zero-order valence-corrected chi connectivity index (χ0v) is 22.2. The molecule has 3 rings (SSSR count). The van der Waals surface area contributed by atoms with Crippen LogP contribution >= 0.6 is 0 Å². The Morgan fingerprint density at radius 1 is 0.946 bits per heavy atom. The summed E-state index contributed by atoms with van der Waals surface area (Å²) < 4.78 is 10.7. The molecule has 8 nitrogen and oxygen atoms in total. The van der Waals surface area contributed by atoms with Crippen LogP contribution in [0.1, 0.15) is 40.1 Å². The lowest BCUT2D eigenvalue weighted by Crippen LogP contribution is -2.32. The Morgan fingerprint density at radius 3 is 2.27 bits per heavy atom. The zero-order valence-electron chi connectivity index (χ0n) is 22.2. The van der Waals surface area contributed by atoms with Crippen LogP contribution < -0.4 is 9.47 Å². The van der Waals surface area contributed by atoms with Crippen LogP contribution in [0, 0.1) is 0 Å². The average Bonchev–Trinajstić information content (AvgIpc) is 2.93. The number of methoxy groups -OCH3 is 2. The van der Waals surface area contributed by atoms with Crippen LogP contribution in [0.3, 0.4) is 0 Å². The fourth-order valence-electron chi connectivity index (χ4n) is 3.87. The predicted octanol–water partition coefficient (Wildman–Crippen LogP) is 4.51. The highest BCUT2D eigenvalue weighted by Crippen LogP contribution is 2.27. The third-order valence-corrected chi connectivity index (χ3v) is 5.93. The molecule has 0 saturated carbocycles. The summed E-state index contributed by atoms with van der Waals surface area (Å²) in [6.45, 7) is 9.27. The van der Waals surface area contributed by atoms with Gasteiger partial charge in [0.15, 0.2) is 17.3 Å². The van der Waals surface area contributed by atoms with E-state index < -0.39 is 0 Å². The minimum Gasteiger partial charge on any atom is -0.493 e. The van der Waals surface area contributed by atoms with Crippen molar-refractivity contribution in [2.75, 3.05) is 40.9 Å². The lowest BCUT2D eigenvalue weighted by atomic mass is 10.1. The van der Waals surface area contributed by atoms with Crippen molar-refractivity contribution in [2.45, 2.75) is 20.3 Å². The second-order valence-corrected chi connectivity index (χ2v) is 8.82. The molecule has 1 aromatic heterocycles. The van der Waals surface area contributed by atoms with Crippen molar-refractivity contribution in [3.63, 3.8) is 0 Å². The first-order chi connectivity index (χ1) is 17.8. The highest BCUT2D eigenvalue weighted by molar-refractivity contribution is 5.95. The maximum atomic E-state index is 13.1. The van der Waals surface area contributed by atoms with Gasteiger partial charge in [0.25, 0.3) is 11.8 Å². The summed E-state index contributed by atoms with van der Waals surface area (Å²) in [5, 5.41) is 0. The predicted molar refractivity (Wildman–Crippen MR) is 144 cm³/mol. The fourth-order valence-corrected chi connectivity index (χ4v) is 3.87. The van der Waals surface area contributed by atoms with Gasteiger partial charge in [0.1, 0.15) is 0 Å². The molecular formula is C29H34N4O4. The maximum Gasteiger partial charge on any atom is 0.257 e. The maximum absolute atomic E-state index is 13.1. The number of hydrogen-bond acceptors (Lipinski definition) is 6. The summed E-state index contributed by atoms with van der Waals surface area (Å²) in [5.41, 5.74) is 3.60. The first-order valence-electron chi connectivity index (χ1n) is 12.1. The Balaban J connectivity index is 1.69. The van der Waals surface area contributed by atoms with E-state index in [1.54, 1.807) is 49.3 Å². The number of rotatable bonds is 11. The molecule has 0 radical (unpaired) electrons. The number of likely N-dealkylation sites (N-methyl/N-ethyl adjacent to an activating group) is 2. The Labute approximate surface area is 218 Å². The Morgan fingerprint density at radius 2 is 1.65 bits per heavy atom. The van der Waals surface area contributed by atoms with Crippen molar-refractivity contribution in [1.29, 1.82) is 0 Å². The van der Waals surface area contributed by atoms with Crippen LogP contribution in [0.5, 0.6) is 11.5 Å². The summed E-state index contributed by atoms with van der Waals surface area (Å²) in [4.78, 5) is 38.0. The van der Waals surface area contributed by atoms with Gasteiger partial charge in [0.2, 0.25) is 0 Å². The van der Waals surface area contributed by atoms with Crippen LogP contribution in [-0.2, 0) is 6.42 Å². The second kappa shape index (κ2) is 12.7. The number of carbonyl (C=O) groups excluding carboxylic acids is 2. The highest BCUT2D eigenvalue weighted by Gasteiger charge is 2.17. The van der Waals surface area contributed by atoms with Crippen molar-refractivity contribution in [3.05, 3.63) is 83.7 Å². The Hall–Kier alpha value is -4.20. The summed E-state index contributed by atoms with van der Waals surface area (Å²) in [7, 11) is 4.97. The van der Waals surface area contributed by atoms with E-state index in [-0.39, 0.29) is 11.8 Å². The topological polar surface area (TPSA) is 84.9 Å². The van der Waals surface area contributed by atoms with E-state index in [4.69, 9.17) is 9.47 Å². The molecule has 0 aliphatic carbocycles. The molecular weight excluding hydrogens is 468 g/mol. The SMILES string of the molecule is C=C(C)CN(CC)C(=O)c1cnc(-c2cccc(C(=O)N(C)CCc3ccc(OC)c(OC)c3)c2)nc1. The molecule has 0 atom stereocenters. The first-order valence-corrected chi connectivity index (χ1v) is 12.1. The summed E-state index contributed by atoms with van der Waals surface area (Å²) in [5.74, 6) is 1.53. The highest BCUT2D eigenvalue weighted by atomic mass is 16.5. The number of ether oxygens (including phenoxy) is 2. The lowest BCUT2D eigenvalue weighted by molar-refractivity contribution is 0.0775. The number of amides is 2. The fraction of sp³-hybridized carbons (Fsp3) is 0.310. The van der Waals surface area contributed by atoms with Crippen LogP contribution in [-0.4, -0.2) is 72.5 Å². The zero-order chi connectivity index (χ0) is 26.9. The van der Waals surface area contributed by atoms with Gasteiger partial charge >= 0.3 is 0 Å². The van der Waals surface area contributed by atoms with Gasteiger partial charge in [-0.25, -0.2) is 9.97 Å². The van der Waals surface area contributed by atoms with E-state index >= 15 is 0 Å². The van der Waals surface area contributed by atoms with E-state index in [0.717, 1.165) is 11.1 Å². The number of benzene rings is 2. The van der Waals surface area contributed by atoms with Gasteiger partial charge in [-0.3, -0.25) is 9.59 Å². The normalized spacial score (nSPS) is 10.5. The molecule has 0 N–H and O–H groups in total. The van der Waals surface area contributed by atoms with Crippen molar-refractivity contribution >= 4 is 11.8 Å². The molecule has 37 heavy (non-hydrogen) atoms. The van der Waals surface area contributed by atoms with Crippen LogP contribution in [0.2, 0.25) is 0 Å². The van der Waals surface area contributed by atoms with Gasteiger partial charge in [-0.15, -0.1) is 0 Å². The van der Waals surface area contributed by atoms with Crippen molar-refractivity contribution < 1.29 is 19.1 Å². The van der Waals surface area contributed by atoms with Gasteiger partial charge in [-0.1, -0.05) is 30.4 Å². The molecule has 0 spiro atoms. The van der Waals surface area contributed by atoms with Crippen molar-refractivity contribution in [1.82, 2.24) is 19.8 Å². The van der Waals surface area contributed by atoms with E-state index in [1.165, 1.54) is 12.4 Å². The van der Waals surface area contributed by atoms with E-state index in [2.05, 4.69) is 16.5 Å². The molecule has 0 unspecified atom stereocenters. The second-order valence-electron chi connectivity index (χ2n) is 8.82. The molecule has 0 aliphatic rings. The molecule has 194 valence electrons. The van der Waals surface area contributed by atoms with Gasteiger partial charge in [-0.05, 0) is 50.1 Å². The van der Waals surface area contributed by atoms with Gasteiger partial charge in [0, 0.05) is 50.2 Å². The summed E-state index contributed by atoms with van der Waals surface area (Å²) in [6, 6.07) is 12.9. The number of nitrogens with zero attached hydrogens (tertiary/aromatic N) is 4. The lowest BCUT2D eigenvalue weighted by Gasteiger charge is -2.20. The first kappa shape index (κ1) is 27.4. The molecule has 2 amide bonds.